The molecule has 2 N–H and O–H groups in total. The van der Waals surface area contributed by atoms with E-state index in [0.717, 1.165) is 32.1 Å². The largest absolute Gasteiger partial charge is 0.447 e. The molecule has 1 aliphatic carbocycles. The first-order valence-corrected chi connectivity index (χ1v) is 13.0. The van der Waals surface area contributed by atoms with E-state index >= 15 is 0 Å². The van der Waals surface area contributed by atoms with Crippen molar-refractivity contribution in [3.63, 3.8) is 0 Å². The Morgan fingerprint density at radius 1 is 1.06 bits per heavy atom. The van der Waals surface area contributed by atoms with Crippen LogP contribution in [-0.2, 0) is 24.1 Å². The predicted octanol–water partition coefficient (Wildman–Crippen LogP) is 2.64. The normalized spacial score (nSPS) is 20.5. The summed E-state index contributed by atoms with van der Waals surface area (Å²) in [7, 11) is -1.55. The number of nitrogens with one attached hydrogen (secondary N) is 2. The average Bonchev–Trinajstić information content (AvgIpc) is 3.13. The molecule has 1 saturated carbocycles. The zero-order valence-electron chi connectivity index (χ0n) is 18.5. The number of ether oxygens (including phenoxy) is 2. The van der Waals surface area contributed by atoms with E-state index in [0.29, 0.717) is 24.4 Å². The fraction of sp³-hybridized carbons (Fsp3) is 0.636. The Balaban J connectivity index is 1.60. The van der Waals surface area contributed by atoms with E-state index in [1.807, 2.05) is 4.90 Å². The molecule has 0 radical (unpaired) electrons. The van der Waals surface area contributed by atoms with Crippen LogP contribution in [0.25, 0.3) is 0 Å². The molecule has 1 unspecified atom stereocenters. The highest BCUT2D eigenvalue weighted by Gasteiger charge is 2.38. The number of hydrogen-bond acceptors (Lipinski definition) is 7. The van der Waals surface area contributed by atoms with Crippen LogP contribution in [0.5, 0.6) is 0 Å². The summed E-state index contributed by atoms with van der Waals surface area (Å²) in [4.78, 5) is 26.8. The average molecular weight is 468 g/mol. The van der Waals surface area contributed by atoms with Gasteiger partial charge in [0, 0.05) is 30.6 Å². The Bertz CT molecular complexity index is 885. The maximum absolute atomic E-state index is 13.2. The Kier molecular flexibility index (Phi) is 8.75. The minimum absolute atomic E-state index is 0.0554. The maximum atomic E-state index is 13.2. The van der Waals surface area contributed by atoms with Crippen molar-refractivity contribution in [1.29, 1.82) is 0 Å². The molecule has 3 rings (SSSR count). The number of benzene rings is 1. The third-order valence-electron chi connectivity index (χ3n) is 5.93. The lowest BCUT2D eigenvalue weighted by Gasteiger charge is -2.38. The van der Waals surface area contributed by atoms with Gasteiger partial charge in [0.05, 0.1) is 24.7 Å². The summed E-state index contributed by atoms with van der Waals surface area (Å²) in [6.45, 7) is 0.536. The third kappa shape index (κ3) is 7.09. The SMILES string of the molecule is COCCOC(=O)Nc1cccc(NCC(=O)N(C2CCCCC2)C2CCS(=O)(=O)C2)c1. The summed E-state index contributed by atoms with van der Waals surface area (Å²) in [5.74, 6) is 0.117. The molecule has 1 aromatic rings. The Morgan fingerprint density at radius 3 is 2.50 bits per heavy atom. The van der Waals surface area contributed by atoms with Crippen molar-refractivity contribution in [2.45, 2.75) is 50.6 Å². The Labute approximate surface area is 189 Å². The molecule has 9 nitrogen and oxygen atoms in total. The predicted molar refractivity (Wildman–Crippen MR) is 123 cm³/mol. The number of carbonyl (C=O) groups excluding carboxylic acids is 2. The molecule has 1 atom stereocenters. The van der Waals surface area contributed by atoms with Crippen LogP contribution in [0, 0.1) is 0 Å². The van der Waals surface area contributed by atoms with Gasteiger partial charge in [-0.2, -0.15) is 0 Å². The molecular weight excluding hydrogens is 434 g/mol. The van der Waals surface area contributed by atoms with Gasteiger partial charge in [-0.3, -0.25) is 10.1 Å². The molecule has 2 fully saturated rings. The van der Waals surface area contributed by atoms with E-state index in [4.69, 9.17) is 9.47 Å². The van der Waals surface area contributed by atoms with E-state index in [1.54, 1.807) is 24.3 Å². The fourth-order valence-corrected chi connectivity index (χ4v) is 6.12. The summed E-state index contributed by atoms with van der Waals surface area (Å²) < 4.78 is 33.9. The van der Waals surface area contributed by atoms with Gasteiger partial charge < -0.3 is 19.7 Å². The molecule has 0 spiro atoms. The minimum atomic E-state index is -3.08. The van der Waals surface area contributed by atoms with Gasteiger partial charge >= 0.3 is 6.09 Å². The summed E-state index contributed by atoms with van der Waals surface area (Å²) in [5, 5.41) is 5.76. The van der Waals surface area contributed by atoms with Crippen LogP contribution in [0.15, 0.2) is 24.3 Å². The van der Waals surface area contributed by atoms with E-state index in [1.165, 1.54) is 7.11 Å². The molecule has 10 heteroatoms. The van der Waals surface area contributed by atoms with Crippen LogP contribution < -0.4 is 10.6 Å². The van der Waals surface area contributed by atoms with Gasteiger partial charge in [-0.05, 0) is 37.5 Å². The Morgan fingerprint density at radius 2 is 1.81 bits per heavy atom. The van der Waals surface area contributed by atoms with Crippen molar-refractivity contribution in [3.05, 3.63) is 24.3 Å². The van der Waals surface area contributed by atoms with Crippen molar-refractivity contribution in [2.75, 3.05) is 49.0 Å². The number of rotatable bonds is 9. The van der Waals surface area contributed by atoms with Crippen molar-refractivity contribution < 1.29 is 27.5 Å². The number of sulfone groups is 1. The first-order valence-electron chi connectivity index (χ1n) is 11.2. The summed E-state index contributed by atoms with van der Waals surface area (Å²) in [6, 6.07) is 6.87. The highest BCUT2D eigenvalue weighted by Crippen LogP contribution is 2.28. The fourth-order valence-electron chi connectivity index (χ4n) is 4.41. The van der Waals surface area contributed by atoms with Gasteiger partial charge in [0.1, 0.15) is 6.61 Å². The van der Waals surface area contributed by atoms with E-state index in [9.17, 15) is 18.0 Å². The molecule has 1 saturated heterocycles. The standard InChI is InChI=1S/C22H33N3O6S/c1-30-11-12-31-22(27)24-18-7-5-6-17(14-18)23-15-21(26)25(19-8-3-2-4-9-19)20-10-13-32(28,29)16-20/h5-7,14,19-20,23H,2-4,8-13,15-16H2,1H3,(H,24,27). The van der Waals surface area contributed by atoms with Crippen molar-refractivity contribution in [2.24, 2.45) is 0 Å². The van der Waals surface area contributed by atoms with Crippen LogP contribution in [0.4, 0.5) is 16.2 Å². The van der Waals surface area contributed by atoms with E-state index in [2.05, 4.69) is 10.6 Å². The van der Waals surface area contributed by atoms with Crippen molar-refractivity contribution in [3.8, 4) is 0 Å². The van der Waals surface area contributed by atoms with Crippen LogP contribution in [0.3, 0.4) is 0 Å². The van der Waals surface area contributed by atoms with Gasteiger partial charge in [0.2, 0.25) is 5.91 Å². The first-order chi connectivity index (χ1) is 15.4. The summed E-state index contributed by atoms with van der Waals surface area (Å²) in [6.07, 6.45) is 5.06. The maximum Gasteiger partial charge on any atom is 0.411 e. The quantitative estimate of drug-likeness (QED) is 0.537. The van der Waals surface area contributed by atoms with Crippen LogP contribution >= 0.6 is 0 Å². The number of carbonyl (C=O) groups is 2. The van der Waals surface area contributed by atoms with Gasteiger partial charge in [-0.15, -0.1) is 0 Å². The molecular formula is C22H33N3O6S. The molecule has 0 bridgehead atoms. The molecule has 1 aliphatic heterocycles. The van der Waals surface area contributed by atoms with E-state index < -0.39 is 15.9 Å². The second-order valence-electron chi connectivity index (χ2n) is 8.34. The van der Waals surface area contributed by atoms with Gasteiger partial charge in [0.25, 0.3) is 0 Å². The third-order valence-corrected chi connectivity index (χ3v) is 7.68. The van der Waals surface area contributed by atoms with E-state index in [-0.39, 0.29) is 42.6 Å². The lowest BCUT2D eigenvalue weighted by atomic mass is 9.93. The van der Waals surface area contributed by atoms with Gasteiger partial charge in [-0.1, -0.05) is 25.3 Å². The number of methoxy groups -OCH3 is 1. The molecule has 32 heavy (non-hydrogen) atoms. The Hall–Kier alpha value is -2.33. The second kappa shape index (κ2) is 11.5. The topological polar surface area (TPSA) is 114 Å². The molecule has 2 aliphatic rings. The minimum Gasteiger partial charge on any atom is -0.447 e. The smallest absolute Gasteiger partial charge is 0.411 e. The highest BCUT2D eigenvalue weighted by atomic mass is 32.2. The second-order valence-corrected chi connectivity index (χ2v) is 10.6. The zero-order chi connectivity index (χ0) is 23.0. The van der Waals surface area contributed by atoms with Crippen LogP contribution in [0.1, 0.15) is 38.5 Å². The number of amides is 2. The molecule has 1 heterocycles. The summed E-state index contributed by atoms with van der Waals surface area (Å²) >= 11 is 0. The first kappa shape index (κ1) is 24.3. The number of anilines is 2. The monoisotopic (exact) mass is 467 g/mol. The molecule has 2 amide bonds. The van der Waals surface area contributed by atoms with Crippen LogP contribution in [-0.4, -0.2) is 75.8 Å². The van der Waals surface area contributed by atoms with Gasteiger partial charge in [0.15, 0.2) is 9.84 Å². The van der Waals surface area contributed by atoms with Crippen molar-refractivity contribution in [1.82, 2.24) is 4.90 Å². The molecule has 178 valence electrons. The lowest BCUT2D eigenvalue weighted by molar-refractivity contribution is -0.134. The lowest BCUT2D eigenvalue weighted by Crippen LogP contribution is -2.50. The molecule has 1 aromatic carbocycles. The zero-order valence-corrected chi connectivity index (χ0v) is 19.4. The van der Waals surface area contributed by atoms with Gasteiger partial charge in [-0.25, -0.2) is 13.2 Å². The summed E-state index contributed by atoms with van der Waals surface area (Å²) in [5.41, 5.74) is 1.21. The number of nitrogens with zero attached hydrogens (tertiary/aromatic N) is 1. The highest BCUT2D eigenvalue weighted by molar-refractivity contribution is 7.91. The molecule has 0 aromatic heterocycles. The van der Waals surface area contributed by atoms with Crippen molar-refractivity contribution >= 4 is 33.2 Å². The number of hydrogen-bond donors (Lipinski definition) is 2. The van der Waals surface area contributed by atoms with Crippen LogP contribution in [0.2, 0.25) is 0 Å².